The number of carbonyl (C=O) groups is 1. The number of rotatable bonds is 3. The molecule has 1 aliphatic heterocycles. The quantitative estimate of drug-likeness (QED) is 0.468. The van der Waals surface area contributed by atoms with Crippen molar-refractivity contribution in [2.45, 2.75) is 17.8 Å². The van der Waals surface area contributed by atoms with Crippen LogP contribution >= 0.6 is 15.9 Å². The Morgan fingerprint density at radius 2 is 2.10 bits per heavy atom. The topological polar surface area (TPSA) is 83.6 Å². The van der Waals surface area contributed by atoms with Crippen molar-refractivity contribution in [1.29, 1.82) is 0 Å². The minimum atomic E-state index is -0.511. The van der Waals surface area contributed by atoms with Crippen LogP contribution in [0.3, 0.4) is 0 Å². The zero-order valence-corrected chi connectivity index (χ0v) is 17.3. The lowest BCUT2D eigenvalue weighted by Gasteiger charge is -2.09. The van der Waals surface area contributed by atoms with Crippen LogP contribution in [0.25, 0.3) is 23.1 Å². The molecule has 0 radical (unpaired) electrons. The van der Waals surface area contributed by atoms with Crippen LogP contribution < -0.4 is 5.32 Å². The molecule has 0 saturated heterocycles. The van der Waals surface area contributed by atoms with Crippen LogP contribution in [0.5, 0.6) is 0 Å². The van der Waals surface area contributed by atoms with Crippen LogP contribution in [0, 0.1) is 0 Å². The highest BCUT2D eigenvalue weighted by molar-refractivity contribution is 9.10. The number of halogens is 1. The number of pyridine rings is 2. The van der Waals surface area contributed by atoms with Crippen LogP contribution in [0.1, 0.15) is 34.7 Å². The van der Waals surface area contributed by atoms with Crippen molar-refractivity contribution in [2.75, 3.05) is 5.32 Å². The summed E-state index contributed by atoms with van der Waals surface area (Å²) in [6.07, 6.45) is 10.1. The van der Waals surface area contributed by atoms with Gasteiger partial charge in [-0.2, -0.15) is 5.10 Å². The average molecular weight is 458 g/mol. The maximum absolute atomic E-state index is 12.8. The number of benzene rings is 1. The maximum Gasteiger partial charge on any atom is 0.236 e. The maximum atomic E-state index is 12.8. The fraction of sp³-hybridized carbons (Fsp3) is 0.130. The number of fused-ring (bicyclic) bond motifs is 3. The van der Waals surface area contributed by atoms with Gasteiger partial charge in [-0.3, -0.25) is 14.9 Å². The van der Waals surface area contributed by atoms with E-state index in [1.54, 1.807) is 12.4 Å². The molecular weight excluding hydrogens is 442 g/mol. The highest BCUT2D eigenvalue weighted by Gasteiger charge is 2.65. The second-order valence-corrected chi connectivity index (χ2v) is 8.68. The largest absolute Gasteiger partial charge is 0.310 e. The van der Waals surface area contributed by atoms with E-state index in [-0.39, 0.29) is 11.8 Å². The van der Waals surface area contributed by atoms with Crippen LogP contribution in [-0.4, -0.2) is 26.1 Å². The van der Waals surface area contributed by atoms with Gasteiger partial charge in [0, 0.05) is 39.9 Å². The summed E-state index contributed by atoms with van der Waals surface area (Å²) < 4.78 is 0.886. The van der Waals surface area contributed by atoms with Gasteiger partial charge in [0.25, 0.3) is 0 Å². The van der Waals surface area contributed by atoms with Gasteiger partial charge in [-0.15, -0.1) is 0 Å². The lowest BCUT2D eigenvalue weighted by atomic mass is 9.93. The Morgan fingerprint density at radius 3 is 2.97 bits per heavy atom. The molecular formula is C23H16BrN5O. The first-order chi connectivity index (χ1) is 14.6. The summed E-state index contributed by atoms with van der Waals surface area (Å²) >= 11 is 3.48. The molecule has 2 N–H and O–H groups in total. The van der Waals surface area contributed by atoms with Crippen LogP contribution in [-0.2, 0) is 10.2 Å². The summed E-state index contributed by atoms with van der Waals surface area (Å²) in [7, 11) is 0. The molecule has 1 amide bonds. The van der Waals surface area contributed by atoms with E-state index in [1.807, 2.05) is 36.5 Å². The molecule has 1 spiro atoms. The van der Waals surface area contributed by atoms with E-state index >= 15 is 0 Å². The zero-order valence-electron chi connectivity index (χ0n) is 15.8. The first kappa shape index (κ1) is 17.5. The van der Waals surface area contributed by atoms with Crippen molar-refractivity contribution in [3.63, 3.8) is 0 Å². The van der Waals surface area contributed by atoms with Gasteiger partial charge in [-0.25, -0.2) is 4.98 Å². The van der Waals surface area contributed by atoms with Gasteiger partial charge < -0.3 is 5.32 Å². The van der Waals surface area contributed by atoms with Gasteiger partial charge >= 0.3 is 0 Å². The number of carbonyl (C=O) groups excluding carboxylic acids is 1. The van der Waals surface area contributed by atoms with Crippen molar-refractivity contribution in [1.82, 2.24) is 20.2 Å². The minimum absolute atomic E-state index is 0.0397. The monoisotopic (exact) mass is 457 g/mol. The third-order valence-corrected chi connectivity index (χ3v) is 6.50. The highest BCUT2D eigenvalue weighted by atomic mass is 79.9. The molecule has 0 unspecified atom stereocenters. The Morgan fingerprint density at radius 1 is 1.17 bits per heavy atom. The molecule has 1 aliphatic carbocycles. The number of aromatic amines is 1. The molecule has 1 saturated carbocycles. The molecule has 3 aromatic heterocycles. The Labute approximate surface area is 180 Å². The predicted molar refractivity (Wildman–Crippen MR) is 119 cm³/mol. The lowest BCUT2D eigenvalue weighted by molar-refractivity contribution is -0.118. The fourth-order valence-electron chi connectivity index (χ4n) is 4.49. The standard InChI is InChI=1S/C23H16BrN5O/c24-15-9-17-21(26-12-15)27-22(30)23(17)10-18(23)14-4-5-16-19(28-29-20(16)8-14)6-3-13-2-1-7-25-11-13/h1-9,11-12,18H,10H2,(H,28,29)(H,26,27,30)/t18-,23-/m0/s1. The molecule has 7 heteroatoms. The number of nitrogens with zero attached hydrogens (tertiary/aromatic N) is 3. The van der Waals surface area contributed by atoms with Gasteiger partial charge in [0.15, 0.2) is 0 Å². The van der Waals surface area contributed by atoms with E-state index < -0.39 is 5.41 Å². The fourth-order valence-corrected chi connectivity index (χ4v) is 4.82. The molecule has 2 aliphatic rings. The van der Waals surface area contributed by atoms with Crippen molar-refractivity contribution in [3.8, 4) is 0 Å². The summed E-state index contributed by atoms with van der Waals surface area (Å²) in [5, 5.41) is 11.6. The molecule has 1 aromatic carbocycles. The first-order valence-electron chi connectivity index (χ1n) is 9.69. The van der Waals surface area contributed by atoms with Crippen molar-refractivity contribution in [2.24, 2.45) is 0 Å². The van der Waals surface area contributed by atoms with Crippen molar-refractivity contribution in [3.05, 3.63) is 81.8 Å². The van der Waals surface area contributed by atoms with Crippen molar-refractivity contribution >= 4 is 50.7 Å². The molecule has 4 aromatic rings. The number of anilines is 1. The van der Waals surface area contributed by atoms with Gasteiger partial charge in [-0.05, 0) is 57.8 Å². The number of H-pyrrole nitrogens is 1. The minimum Gasteiger partial charge on any atom is -0.310 e. The number of amides is 1. The third kappa shape index (κ3) is 2.55. The van der Waals surface area contributed by atoms with Gasteiger partial charge in [-0.1, -0.05) is 24.3 Å². The Bertz CT molecular complexity index is 1350. The van der Waals surface area contributed by atoms with Crippen LogP contribution in [0.2, 0.25) is 0 Å². The summed E-state index contributed by atoms with van der Waals surface area (Å²) in [5.41, 5.74) is 4.47. The SMILES string of the molecule is O=C1Nc2ncc(Br)cc2[C@]12C[C@H]2c1ccc2c(C=Cc3cccnc3)n[nH]c2c1. The average Bonchev–Trinajstić information content (AvgIpc) is 3.31. The van der Waals surface area contributed by atoms with Gasteiger partial charge in [0.05, 0.1) is 16.6 Å². The Hall–Kier alpha value is -3.32. The number of hydrogen-bond donors (Lipinski definition) is 2. The summed E-state index contributed by atoms with van der Waals surface area (Å²) in [6, 6.07) is 12.2. The van der Waals surface area contributed by atoms with Gasteiger partial charge in [0.2, 0.25) is 5.91 Å². The van der Waals surface area contributed by atoms with E-state index in [0.29, 0.717) is 5.82 Å². The van der Waals surface area contributed by atoms with E-state index in [2.05, 4.69) is 59.6 Å². The Kier molecular flexibility index (Phi) is 3.70. The predicted octanol–water partition coefficient (Wildman–Crippen LogP) is 4.66. The van der Waals surface area contributed by atoms with Crippen LogP contribution in [0.4, 0.5) is 5.82 Å². The molecule has 0 bridgehead atoms. The Balaban J connectivity index is 1.33. The summed E-state index contributed by atoms with van der Waals surface area (Å²) in [5.74, 6) is 0.853. The van der Waals surface area contributed by atoms with Gasteiger partial charge in [0.1, 0.15) is 5.82 Å². The van der Waals surface area contributed by atoms with Crippen molar-refractivity contribution < 1.29 is 4.79 Å². The molecule has 30 heavy (non-hydrogen) atoms. The number of hydrogen-bond acceptors (Lipinski definition) is 4. The smallest absolute Gasteiger partial charge is 0.236 e. The van der Waals surface area contributed by atoms with E-state index in [0.717, 1.165) is 44.2 Å². The second-order valence-electron chi connectivity index (χ2n) is 7.77. The zero-order chi connectivity index (χ0) is 20.3. The van der Waals surface area contributed by atoms with Crippen LogP contribution in [0.15, 0.2) is 59.5 Å². The molecule has 1 fully saturated rings. The molecule has 6 rings (SSSR count). The molecule has 4 heterocycles. The number of aromatic nitrogens is 4. The number of nitrogens with one attached hydrogen (secondary N) is 2. The van der Waals surface area contributed by atoms with E-state index in [1.165, 1.54) is 0 Å². The normalized spacial score (nSPS) is 22.0. The van der Waals surface area contributed by atoms with E-state index in [9.17, 15) is 4.79 Å². The van der Waals surface area contributed by atoms with E-state index in [4.69, 9.17) is 0 Å². The molecule has 146 valence electrons. The summed E-state index contributed by atoms with van der Waals surface area (Å²) in [4.78, 5) is 21.3. The summed E-state index contributed by atoms with van der Waals surface area (Å²) in [6.45, 7) is 0. The molecule has 6 nitrogen and oxygen atoms in total. The first-order valence-corrected chi connectivity index (χ1v) is 10.5. The highest BCUT2D eigenvalue weighted by Crippen LogP contribution is 2.64. The lowest BCUT2D eigenvalue weighted by Crippen LogP contribution is -2.21. The second kappa shape index (κ2) is 6.34. The molecule has 2 atom stereocenters. The third-order valence-electron chi connectivity index (χ3n) is 6.07.